The molecule has 3 nitrogen and oxygen atoms in total. The summed E-state index contributed by atoms with van der Waals surface area (Å²) in [6.45, 7) is 2.34. The van der Waals surface area contributed by atoms with E-state index in [1.165, 1.54) is 16.0 Å². The van der Waals surface area contributed by atoms with E-state index in [0.29, 0.717) is 18.4 Å². The fourth-order valence-corrected chi connectivity index (χ4v) is 5.19. The zero-order valence-corrected chi connectivity index (χ0v) is 15.0. The van der Waals surface area contributed by atoms with E-state index in [-0.39, 0.29) is 5.41 Å². The Hall–Kier alpha value is -1.81. The van der Waals surface area contributed by atoms with E-state index in [1.54, 1.807) is 11.8 Å². The van der Waals surface area contributed by atoms with Crippen molar-refractivity contribution in [1.82, 2.24) is 9.88 Å². The quantitative estimate of drug-likeness (QED) is 0.828. The Morgan fingerprint density at radius 3 is 2.92 bits per heavy atom. The van der Waals surface area contributed by atoms with Crippen LogP contribution in [0.4, 0.5) is 0 Å². The van der Waals surface area contributed by atoms with Crippen LogP contribution in [0, 0.1) is 0 Å². The smallest absolute Gasteiger partial charge is 0.222 e. The molecular formula is C20H22N2OS. The Labute approximate surface area is 147 Å². The average molecular weight is 338 g/mol. The van der Waals surface area contributed by atoms with Gasteiger partial charge in [-0.2, -0.15) is 0 Å². The lowest BCUT2D eigenvalue weighted by Gasteiger charge is -2.50. The van der Waals surface area contributed by atoms with Gasteiger partial charge < -0.3 is 4.90 Å². The van der Waals surface area contributed by atoms with Crippen molar-refractivity contribution in [2.45, 2.75) is 54.0 Å². The van der Waals surface area contributed by atoms with Gasteiger partial charge in [-0.1, -0.05) is 30.8 Å². The van der Waals surface area contributed by atoms with E-state index in [2.05, 4.69) is 30.1 Å². The average Bonchev–Trinajstić information content (AvgIpc) is 2.59. The molecule has 0 unspecified atom stereocenters. The molecule has 1 aromatic carbocycles. The van der Waals surface area contributed by atoms with E-state index >= 15 is 0 Å². The molecule has 1 saturated heterocycles. The highest BCUT2D eigenvalue weighted by Gasteiger charge is 2.46. The molecule has 2 atom stereocenters. The molecule has 0 radical (unpaired) electrons. The van der Waals surface area contributed by atoms with Gasteiger partial charge in [0.1, 0.15) is 5.03 Å². The molecule has 1 amide bonds. The number of carbonyl (C=O) groups excluding carboxylic acids is 1. The van der Waals surface area contributed by atoms with Crippen molar-refractivity contribution < 1.29 is 4.79 Å². The van der Waals surface area contributed by atoms with Crippen LogP contribution in [-0.2, 0) is 16.6 Å². The van der Waals surface area contributed by atoms with Gasteiger partial charge in [0.05, 0.1) is 0 Å². The second-order valence-corrected chi connectivity index (χ2v) is 8.16. The van der Waals surface area contributed by atoms with Crippen LogP contribution < -0.4 is 0 Å². The molecule has 0 N–H and O–H groups in total. The summed E-state index contributed by atoms with van der Waals surface area (Å²) in [6, 6.07) is 13.2. The Kier molecular flexibility index (Phi) is 3.87. The third kappa shape index (κ3) is 2.53. The van der Waals surface area contributed by atoms with Crippen LogP contribution in [0.15, 0.2) is 52.5 Å². The standard InChI is InChI=1S/C20H22N2OS/c1-20-11-10-19(23)22(2)17(20)9-6-14-13-15(7-8-16(14)20)24-18-5-3-4-12-21-18/h3-5,7-8,12-13,17H,6,9-11H2,1-2H3/t17-,20-/m1/s1. The molecule has 2 aliphatic rings. The van der Waals surface area contributed by atoms with Crippen molar-refractivity contribution in [3.63, 3.8) is 0 Å². The van der Waals surface area contributed by atoms with Crippen molar-refractivity contribution in [2.24, 2.45) is 0 Å². The third-order valence-corrected chi connectivity index (χ3v) is 6.63. The largest absolute Gasteiger partial charge is 0.342 e. The lowest BCUT2D eigenvalue weighted by atomic mass is 9.63. The molecule has 1 aromatic heterocycles. The number of pyridine rings is 1. The summed E-state index contributed by atoms with van der Waals surface area (Å²) >= 11 is 1.71. The number of piperidine rings is 1. The van der Waals surface area contributed by atoms with Gasteiger partial charge in [0.25, 0.3) is 0 Å². The van der Waals surface area contributed by atoms with Gasteiger partial charge in [-0.3, -0.25) is 4.79 Å². The molecule has 2 aromatic rings. The van der Waals surface area contributed by atoms with Crippen LogP contribution in [0.2, 0.25) is 0 Å². The van der Waals surface area contributed by atoms with Gasteiger partial charge in [0, 0.05) is 36.0 Å². The van der Waals surface area contributed by atoms with E-state index in [4.69, 9.17) is 0 Å². The van der Waals surface area contributed by atoms with E-state index < -0.39 is 0 Å². The van der Waals surface area contributed by atoms with Gasteiger partial charge in [0.2, 0.25) is 5.91 Å². The van der Waals surface area contributed by atoms with Crippen molar-refractivity contribution in [3.8, 4) is 0 Å². The summed E-state index contributed by atoms with van der Waals surface area (Å²) in [5, 5.41) is 1.03. The number of likely N-dealkylation sites (N-methyl/N-ethyl adjacent to an activating group) is 1. The Morgan fingerprint density at radius 1 is 1.25 bits per heavy atom. The molecule has 4 rings (SSSR count). The number of hydrogen-bond donors (Lipinski definition) is 0. The molecule has 0 bridgehead atoms. The maximum absolute atomic E-state index is 12.1. The fraction of sp³-hybridized carbons (Fsp3) is 0.400. The molecule has 1 aliphatic heterocycles. The monoisotopic (exact) mass is 338 g/mol. The number of fused-ring (bicyclic) bond motifs is 3. The Morgan fingerprint density at radius 2 is 2.12 bits per heavy atom. The third-order valence-electron chi connectivity index (χ3n) is 5.69. The second kappa shape index (κ2) is 5.92. The predicted molar refractivity (Wildman–Crippen MR) is 96.3 cm³/mol. The normalized spacial score (nSPS) is 26.0. The first-order valence-electron chi connectivity index (χ1n) is 8.56. The highest BCUT2D eigenvalue weighted by atomic mass is 32.2. The molecule has 0 saturated carbocycles. The Bertz CT molecular complexity index is 776. The van der Waals surface area contributed by atoms with Crippen molar-refractivity contribution in [2.75, 3.05) is 7.05 Å². The first-order valence-corrected chi connectivity index (χ1v) is 9.37. The van der Waals surface area contributed by atoms with E-state index in [9.17, 15) is 4.79 Å². The molecular weight excluding hydrogens is 316 g/mol. The first kappa shape index (κ1) is 15.7. The molecule has 1 aliphatic carbocycles. The number of likely N-dealkylation sites (tertiary alicyclic amines) is 1. The summed E-state index contributed by atoms with van der Waals surface area (Å²) in [4.78, 5) is 19.7. The van der Waals surface area contributed by atoms with Gasteiger partial charge in [0.15, 0.2) is 0 Å². The summed E-state index contributed by atoms with van der Waals surface area (Å²) < 4.78 is 0. The summed E-state index contributed by atoms with van der Waals surface area (Å²) in [6.07, 6.45) is 5.56. The molecule has 124 valence electrons. The summed E-state index contributed by atoms with van der Waals surface area (Å²) in [5.41, 5.74) is 2.96. The van der Waals surface area contributed by atoms with Gasteiger partial charge >= 0.3 is 0 Å². The maximum atomic E-state index is 12.1. The number of benzene rings is 1. The van der Waals surface area contributed by atoms with Crippen molar-refractivity contribution in [3.05, 3.63) is 53.7 Å². The van der Waals surface area contributed by atoms with Crippen LogP contribution in [-0.4, -0.2) is 28.9 Å². The zero-order valence-electron chi connectivity index (χ0n) is 14.2. The highest BCUT2D eigenvalue weighted by Crippen LogP contribution is 2.46. The number of rotatable bonds is 2. The van der Waals surface area contributed by atoms with Gasteiger partial charge in [-0.05, 0) is 54.7 Å². The van der Waals surface area contributed by atoms with Crippen LogP contribution in [0.3, 0.4) is 0 Å². The zero-order chi connectivity index (χ0) is 16.7. The SMILES string of the molecule is CN1C(=O)CC[C@]2(C)c3ccc(Sc4ccccn4)cc3CC[C@@H]12. The summed E-state index contributed by atoms with van der Waals surface area (Å²) in [7, 11) is 1.97. The van der Waals surface area contributed by atoms with Gasteiger partial charge in [-0.15, -0.1) is 0 Å². The number of carbonyl (C=O) groups is 1. The van der Waals surface area contributed by atoms with Gasteiger partial charge in [-0.25, -0.2) is 4.98 Å². The first-order chi connectivity index (χ1) is 11.6. The number of hydrogen-bond acceptors (Lipinski definition) is 3. The van der Waals surface area contributed by atoms with E-state index in [0.717, 1.165) is 24.3 Å². The minimum Gasteiger partial charge on any atom is -0.342 e. The minimum absolute atomic E-state index is 0.0877. The van der Waals surface area contributed by atoms with Crippen LogP contribution >= 0.6 is 11.8 Å². The Balaban J connectivity index is 1.66. The maximum Gasteiger partial charge on any atom is 0.222 e. The lowest BCUT2D eigenvalue weighted by molar-refractivity contribution is -0.138. The van der Waals surface area contributed by atoms with Crippen LogP contribution in [0.25, 0.3) is 0 Å². The molecule has 4 heteroatoms. The lowest BCUT2D eigenvalue weighted by Crippen LogP contribution is -2.56. The predicted octanol–water partition coefficient (Wildman–Crippen LogP) is 4.06. The second-order valence-electron chi connectivity index (χ2n) is 7.07. The molecule has 2 heterocycles. The molecule has 24 heavy (non-hydrogen) atoms. The van der Waals surface area contributed by atoms with Crippen LogP contribution in [0.1, 0.15) is 37.3 Å². The van der Waals surface area contributed by atoms with Crippen molar-refractivity contribution >= 4 is 17.7 Å². The summed E-state index contributed by atoms with van der Waals surface area (Å²) in [5.74, 6) is 0.295. The molecule has 1 fully saturated rings. The fourth-order valence-electron chi connectivity index (χ4n) is 4.36. The number of aromatic nitrogens is 1. The highest BCUT2D eigenvalue weighted by molar-refractivity contribution is 7.99. The number of aryl methyl sites for hydroxylation is 1. The van der Waals surface area contributed by atoms with Crippen molar-refractivity contribution in [1.29, 1.82) is 0 Å². The van der Waals surface area contributed by atoms with Crippen LogP contribution in [0.5, 0.6) is 0 Å². The minimum atomic E-state index is 0.0877. The number of amides is 1. The topological polar surface area (TPSA) is 33.2 Å². The van der Waals surface area contributed by atoms with E-state index in [1.807, 2.05) is 36.3 Å². The number of nitrogens with zero attached hydrogens (tertiary/aromatic N) is 2. The molecule has 0 spiro atoms.